The molecule has 0 saturated carbocycles. The Bertz CT molecular complexity index is 654. The molecule has 0 radical (unpaired) electrons. The molecule has 0 amide bonds. The third-order valence-corrected chi connectivity index (χ3v) is 5.66. The van der Waals surface area contributed by atoms with Crippen LogP contribution in [0.15, 0.2) is 23.1 Å². The van der Waals surface area contributed by atoms with Gasteiger partial charge < -0.3 is 5.32 Å². The van der Waals surface area contributed by atoms with Crippen LogP contribution in [0.2, 0.25) is 5.02 Å². The van der Waals surface area contributed by atoms with Gasteiger partial charge in [-0.15, -0.1) is 12.4 Å². The molecule has 1 aliphatic heterocycles. The third kappa shape index (κ3) is 3.88. The number of nitro groups is 1. The molecule has 2 rings (SSSR count). The van der Waals surface area contributed by atoms with Gasteiger partial charge in [-0.3, -0.25) is 10.1 Å². The van der Waals surface area contributed by atoms with E-state index < -0.39 is 20.6 Å². The monoisotopic (exact) mass is 369 g/mol. The number of likely N-dealkylation sites (N-methyl/N-ethyl adjacent to an activating group) is 1. The Hall–Kier alpha value is -0.930. The Labute approximate surface area is 140 Å². The van der Waals surface area contributed by atoms with Crippen LogP contribution >= 0.6 is 24.0 Å². The van der Waals surface area contributed by atoms with Gasteiger partial charge in [-0.2, -0.15) is 4.31 Å². The van der Waals surface area contributed by atoms with E-state index >= 15 is 0 Å². The second-order valence-corrected chi connectivity index (χ2v) is 7.20. The minimum Gasteiger partial charge on any atom is -0.316 e. The zero-order chi connectivity index (χ0) is 15.6. The molecule has 0 aromatic heterocycles. The quantitative estimate of drug-likeness (QED) is 0.647. The summed E-state index contributed by atoms with van der Waals surface area (Å²) in [6, 6.07) is 3.62. The first kappa shape index (κ1) is 19.1. The van der Waals surface area contributed by atoms with E-state index in [4.69, 9.17) is 11.6 Å². The second-order valence-electron chi connectivity index (χ2n) is 4.86. The first-order chi connectivity index (χ1) is 9.86. The van der Waals surface area contributed by atoms with Crippen LogP contribution in [0, 0.1) is 10.1 Å². The van der Waals surface area contributed by atoms with Crippen molar-refractivity contribution in [1.29, 1.82) is 0 Å². The van der Waals surface area contributed by atoms with Gasteiger partial charge in [-0.05, 0) is 32.0 Å². The van der Waals surface area contributed by atoms with E-state index in [9.17, 15) is 18.5 Å². The van der Waals surface area contributed by atoms with Crippen molar-refractivity contribution in [3.05, 3.63) is 33.3 Å². The van der Waals surface area contributed by atoms with Crippen LogP contribution in [-0.2, 0) is 10.0 Å². The Morgan fingerprint density at radius 1 is 1.45 bits per heavy atom. The van der Waals surface area contributed by atoms with Crippen molar-refractivity contribution in [2.24, 2.45) is 0 Å². The lowest BCUT2D eigenvalue weighted by Gasteiger charge is -2.31. The largest absolute Gasteiger partial charge is 0.316 e. The molecule has 1 aliphatic rings. The molecule has 124 valence electrons. The Morgan fingerprint density at radius 3 is 2.73 bits per heavy atom. The first-order valence-electron chi connectivity index (χ1n) is 6.47. The van der Waals surface area contributed by atoms with Crippen LogP contribution in [0.5, 0.6) is 0 Å². The van der Waals surface area contributed by atoms with E-state index in [1.54, 1.807) is 7.05 Å². The lowest BCUT2D eigenvalue weighted by Crippen LogP contribution is -2.46. The first-order valence-corrected chi connectivity index (χ1v) is 8.29. The number of halogens is 2. The normalized spacial score (nSPS) is 19.5. The number of piperidine rings is 1. The fourth-order valence-corrected chi connectivity index (χ4v) is 4.32. The molecule has 0 bridgehead atoms. The summed E-state index contributed by atoms with van der Waals surface area (Å²) in [5.74, 6) is 0. The van der Waals surface area contributed by atoms with Gasteiger partial charge in [-0.1, -0.05) is 11.6 Å². The molecular formula is C12H17Cl2N3O4S. The minimum atomic E-state index is -3.94. The Morgan fingerprint density at radius 2 is 2.14 bits per heavy atom. The molecular weight excluding hydrogens is 353 g/mol. The van der Waals surface area contributed by atoms with Crippen molar-refractivity contribution in [3.8, 4) is 0 Å². The van der Waals surface area contributed by atoms with Gasteiger partial charge in [0.15, 0.2) is 4.90 Å². The minimum absolute atomic E-state index is 0. The van der Waals surface area contributed by atoms with E-state index in [1.807, 2.05) is 0 Å². The Kier molecular flexibility index (Phi) is 6.57. The van der Waals surface area contributed by atoms with Gasteiger partial charge in [0.1, 0.15) is 0 Å². The number of nitrogens with zero attached hydrogens (tertiary/aromatic N) is 2. The predicted octanol–water partition coefficient (Wildman–Crippen LogP) is 2.04. The van der Waals surface area contributed by atoms with Gasteiger partial charge in [0.05, 0.1) is 4.92 Å². The van der Waals surface area contributed by atoms with Crippen molar-refractivity contribution in [1.82, 2.24) is 9.62 Å². The number of hydrogen-bond acceptors (Lipinski definition) is 5. The highest BCUT2D eigenvalue weighted by atomic mass is 35.5. The van der Waals surface area contributed by atoms with E-state index in [1.165, 1.54) is 10.4 Å². The highest BCUT2D eigenvalue weighted by Crippen LogP contribution is 2.30. The van der Waals surface area contributed by atoms with Crippen LogP contribution in [-0.4, -0.2) is 43.8 Å². The summed E-state index contributed by atoms with van der Waals surface area (Å²) >= 11 is 5.80. The molecule has 1 aromatic rings. The van der Waals surface area contributed by atoms with Crippen molar-refractivity contribution < 1.29 is 13.3 Å². The maximum Gasteiger partial charge on any atom is 0.289 e. The molecule has 0 spiro atoms. The fourth-order valence-electron chi connectivity index (χ4n) is 2.38. The second kappa shape index (κ2) is 7.56. The lowest BCUT2D eigenvalue weighted by atomic mass is 10.1. The summed E-state index contributed by atoms with van der Waals surface area (Å²) in [6.07, 6.45) is 1.58. The highest BCUT2D eigenvalue weighted by molar-refractivity contribution is 7.89. The van der Waals surface area contributed by atoms with Crippen molar-refractivity contribution >= 4 is 39.7 Å². The number of nitrogens with one attached hydrogen (secondary N) is 1. The fraction of sp³-hybridized carbons (Fsp3) is 0.500. The summed E-state index contributed by atoms with van der Waals surface area (Å²) in [7, 11) is -2.17. The zero-order valence-electron chi connectivity index (χ0n) is 11.9. The van der Waals surface area contributed by atoms with Crippen LogP contribution in [0.1, 0.15) is 12.8 Å². The third-order valence-electron chi connectivity index (χ3n) is 3.53. The topological polar surface area (TPSA) is 92.6 Å². The molecule has 7 nitrogen and oxygen atoms in total. The zero-order valence-corrected chi connectivity index (χ0v) is 14.2. The molecule has 22 heavy (non-hydrogen) atoms. The van der Waals surface area contributed by atoms with Crippen molar-refractivity contribution in [3.63, 3.8) is 0 Å². The maximum atomic E-state index is 12.7. The highest BCUT2D eigenvalue weighted by Gasteiger charge is 2.34. The number of sulfonamides is 1. The molecule has 1 fully saturated rings. The lowest BCUT2D eigenvalue weighted by molar-refractivity contribution is -0.387. The molecule has 1 N–H and O–H groups in total. The van der Waals surface area contributed by atoms with Crippen molar-refractivity contribution in [2.45, 2.75) is 23.8 Å². The predicted molar refractivity (Wildman–Crippen MR) is 86.2 cm³/mol. The molecule has 10 heteroatoms. The number of hydrogen-bond donors (Lipinski definition) is 1. The SMILES string of the molecule is CNC1CCCN(S(=O)(=O)c2cc(Cl)ccc2[N+](=O)[O-])C1.Cl. The van der Waals surface area contributed by atoms with E-state index in [2.05, 4.69) is 5.32 Å². The van der Waals surface area contributed by atoms with Gasteiger partial charge in [0.2, 0.25) is 10.0 Å². The van der Waals surface area contributed by atoms with Crippen LogP contribution in [0.25, 0.3) is 0 Å². The molecule has 1 saturated heterocycles. The van der Waals surface area contributed by atoms with E-state index in [0.29, 0.717) is 19.5 Å². The Balaban J connectivity index is 0.00000242. The van der Waals surface area contributed by atoms with E-state index in [-0.39, 0.29) is 28.4 Å². The van der Waals surface area contributed by atoms with Gasteiger partial charge in [0.25, 0.3) is 5.69 Å². The summed E-state index contributed by atoms with van der Waals surface area (Å²) in [6.45, 7) is 0.646. The van der Waals surface area contributed by atoms with Crippen LogP contribution in [0.3, 0.4) is 0 Å². The number of benzene rings is 1. The molecule has 1 atom stereocenters. The molecule has 1 heterocycles. The summed E-state index contributed by atoms with van der Waals surface area (Å²) < 4.78 is 26.6. The standard InChI is InChI=1S/C12H16ClN3O4S.ClH/c1-14-10-3-2-6-15(8-10)21(19,20)12-7-9(13)4-5-11(12)16(17)18;/h4-5,7,10,14H,2-3,6,8H2,1H3;1H. The summed E-state index contributed by atoms with van der Waals surface area (Å²) in [5.41, 5.74) is -0.453. The van der Waals surface area contributed by atoms with Gasteiger partial charge in [-0.25, -0.2) is 8.42 Å². The maximum absolute atomic E-state index is 12.7. The number of nitro benzene ring substituents is 1. The molecule has 0 aliphatic carbocycles. The van der Waals surface area contributed by atoms with Crippen LogP contribution < -0.4 is 5.32 Å². The smallest absolute Gasteiger partial charge is 0.289 e. The number of rotatable bonds is 4. The molecule has 1 unspecified atom stereocenters. The van der Waals surface area contributed by atoms with Gasteiger partial charge in [0, 0.05) is 30.2 Å². The van der Waals surface area contributed by atoms with E-state index in [0.717, 1.165) is 18.6 Å². The van der Waals surface area contributed by atoms with Crippen molar-refractivity contribution in [2.75, 3.05) is 20.1 Å². The molecule has 1 aromatic carbocycles. The average Bonchev–Trinajstić information content (AvgIpc) is 2.46. The average molecular weight is 370 g/mol. The summed E-state index contributed by atoms with van der Waals surface area (Å²) in [4.78, 5) is 9.99. The van der Waals surface area contributed by atoms with Crippen LogP contribution in [0.4, 0.5) is 5.69 Å². The van der Waals surface area contributed by atoms with Gasteiger partial charge >= 0.3 is 0 Å². The summed E-state index contributed by atoms with van der Waals surface area (Å²) in [5, 5.41) is 14.2.